The summed E-state index contributed by atoms with van der Waals surface area (Å²) in [7, 11) is 0. The number of pyridine rings is 1. The van der Waals surface area contributed by atoms with Crippen LogP contribution in [0, 0.1) is 25.2 Å². The molecule has 0 saturated carbocycles. The van der Waals surface area contributed by atoms with Gasteiger partial charge >= 0.3 is 0 Å². The Morgan fingerprint density at radius 2 is 2.14 bits per heavy atom. The molecule has 1 atom stereocenters. The molecule has 1 unspecified atom stereocenters. The maximum atomic E-state index is 12.8. The van der Waals surface area contributed by atoms with E-state index >= 15 is 0 Å². The van der Waals surface area contributed by atoms with Gasteiger partial charge in [-0.2, -0.15) is 5.26 Å². The number of ether oxygens (including phenoxy) is 2. The quantitative estimate of drug-likeness (QED) is 0.770. The molecule has 1 fully saturated rings. The van der Waals surface area contributed by atoms with Gasteiger partial charge in [-0.1, -0.05) is 18.2 Å². The number of aryl methyl sites for hydroxylation is 1. The molecule has 1 aromatic heterocycles. The summed E-state index contributed by atoms with van der Waals surface area (Å²) in [5.41, 5.74) is 0.187. The van der Waals surface area contributed by atoms with Gasteiger partial charge in [0.15, 0.2) is 6.61 Å². The van der Waals surface area contributed by atoms with Crippen LogP contribution in [-0.2, 0) is 11.3 Å². The molecule has 3 rings (SSSR count). The second-order valence-corrected chi connectivity index (χ2v) is 6.84. The monoisotopic (exact) mass is 382 g/mol. The molecule has 0 aliphatic carbocycles. The average Bonchev–Trinajstić information content (AvgIpc) is 3.18. The van der Waals surface area contributed by atoms with E-state index in [9.17, 15) is 20.0 Å². The van der Waals surface area contributed by atoms with E-state index in [2.05, 4.69) is 0 Å². The molecular weight excluding hydrogens is 360 g/mol. The number of aromatic hydroxyl groups is 1. The van der Waals surface area contributed by atoms with Crippen LogP contribution in [-0.4, -0.2) is 34.8 Å². The summed E-state index contributed by atoms with van der Waals surface area (Å²) in [5.74, 6) is -0.396. The molecule has 7 nitrogen and oxygen atoms in total. The Hall–Kier alpha value is -3.11. The van der Waals surface area contributed by atoms with Crippen LogP contribution >= 0.6 is 0 Å². The Kier molecular flexibility index (Phi) is 5.81. The number of para-hydroxylation sites is 1. The van der Waals surface area contributed by atoms with Gasteiger partial charge < -0.3 is 14.6 Å². The highest BCUT2D eigenvalue weighted by Gasteiger charge is 2.26. The Labute approximate surface area is 162 Å². The molecule has 2 heterocycles. The SMILES string of the molecule is Cc1ccccc1OCC(=O)c1c(C)c(C#N)c(=O)n(CC2CCCO2)c1O. The molecule has 1 saturated heterocycles. The molecule has 1 N–H and O–H groups in total. The fourth-order valence-electron chi connectivity index (χ4n) is 3.38. The Morgan fingerprint density at radius 3 is 2.79 bits per heavy atom. The second kappa shape index (κ2) is 8.28. The van der Waals surface area contributed by atoms with E-state index in [1.54, 1.807) is 12.1 Å². The lowest BCUT2D eigenvalue weighted by Crippen LogP contribution is -2.31. The first-order valence-corrected chi connectivity index (χ1v) is 9.13. The number of ketones is 1. The molecule has 2 aromatic rings. The van der Waals surface area contributed by atoms with Crippen molar-refractivity contribution in [3.8, 4) is 17.7 Å². The van der Waals surface area contributed by atoms with Crippen LogP contribution in [0.2, 0.25) is 0 Å². The van der Waals surface area contributed by atoms with E-state index in [1.165, 1.54) is 6.92 Å². The highest BCUT2D eigenvalue weighted by Crippen LogP contribution is 2.25. The number of carbonyl (C=O) groups excluding carboxylic acids is 1. The molecule has 0 radical (unpaired) electrons. The van der Waals surface area contributed by atoms with E-state index in [4.69, 9.17) is 9.47 Å². The summed E-state index contributed by atoms with van der Waals surface area (Å²) in [6.07, 6.45) is 1.39. The standard InChI is InChI=1S/C21H22N2O5/c1-13-6-3-4-8-18(13)28-12-17(24)19-14(2)16(10-22)20(25)23(21(19)26)11-15-7-5-9-27-15/h3-4,6,8,15,26H,5,7,9,11-12H2,1-2H3. The fourth-order valence-corrected chi connectivity index (χ4v) is 3.38. The minimum atomic E-state index is -0.621. The third-order valence-corrected chi connectivity index (χ3v) is 4.94. The van der Waals surface area contributed by atoms with Gasteiger partial charge in [0, 0.05) is 6.61 Å². The third-order valence-electron chi connectivity index (χ3n) is 4.94. The number of benzene rings is 1. The lowest BCUT2D eigenvalue weighted by atomic mass is 10.0. The number of Topliss-reactive ketones (excluding diaryl/α,β-unsaturated/α-hetero) is 1. The second-order valence-electron chi connectivity index (χ2n) is 6.84. The Morgan fingerprint density at radius 1 is 1.39 bits per heavy atom. The predicted octanol–water partition coefficient (Wildman–Crippen LogP) is 2.48. The van der Waals surface area contributed by atoms with Gasteiger partial charge in [-0.3, -0.25) is 14.2 Å². The molecular formula is C21H22N2O5. The zero-order valence-electron chi connectivity index (χ0n) is 15.9. The topological polar surface area (TPSA) is 102 Å². The van der Waals surface area contributed by atoms with Gasteiger partial charge in [-0.15, -0.1) is 0 Å². The predicted molar refractivity (Wildman–Crippen MR) is 102 cm³/mol. The summed E-state index contributed by atoms with van der Waals surface area (Å²) in [6, 6.07) is 9.12. The number of hydrogen-bond acceptors (Lipinski definition) is 6. The zero-order valence-corrected chi connectivity index (χ0v) is 15.9. The maximum absolute atomic E-state index is 12.8. The Bertz CT molecular complexity index is 997. The molecule has 1 aliphatic rings. The van der Waals surface area contributed by atoms with Crippen LogP contribution in [0.3, 0.4) is 0 Å². The summed E-state index contributed by atoms with van der Waals surface area (Å²) >= 11 is 0. The minimum absolute atomic E-state index is 0.0669. The van der Waals surface area contributed by atoms with Crippen LogP contribution in [0.1, 0.15) is 39.9 Å². The molecule has 0 spiro atoms. The molecule has 0 bridgehead atoms. The summed E-state index contributed by atoms with van der Waals surface area (Å²) in [4.78, 5) is 25.4. The highest BCUT2D eigenvalue weighted by molar-refractivity contribution is 6.01. The van der Waals surface area contributed by atoms with Crippen molar-refractivity contribution in [2.45, 2.75) is 39.3 Å². The van der Waals surface area contributed by atoms with Crippen LogP contribution in [0.5, 0.6) is 11.6 Å². The number of aromatic nitrogens is 1. The Balaban J connectivity index is 1.94. The number of hydrogen-bond donors (Lipinski definition) is 1. The van der Waals surface area contributed by atoms with Crippen LogP contribution in [0.4, 0.5) is 0 Å². The summed E-state index contributed by atoms with van der Waals surface area (Å²) < 4.78 is 12.2. The molecule has 0 amide bonds. The first kappa shape index (κ1) is 19.6. The number of nitriles is 1. The van der Waals surface area contributed by atoms with Gasteiger partial charge in [0.25, 0.3) is 5.56 Å². The van der Waals surface area contributed by atoms with Crippen LogP contribution < -0.4 is 10.3 Å². The van der Waals surface area contributed by atoms with Crippen molar-refractivity contribution in [2.75, 3.05) is 13.2 Å². The molecule has 1 aromatic carbocycles. The van der Waals surface area contributed by atoms with Crippen molar-refractivity contribution in [3.63, 3.8) is 0 Å². The maximum Gasteiger partial charge on any atom is 0.271 e. The molecule has 146 valence electrons. The van der Waals surface area contributed by atoms with Gasteiger partial charge in [0.2, 0.25) is 11.7 Å². The number of carbonyl (C=O) groups is 1. The average molecular weight is 382 g/mol. The van der Waals surface area contributed by atoms with Crippen molar-refractivity contribution in [2.24, 2.45) is 0 Å². The summed E-state index contributed by atoms with van der Waals surface area (Å²) in [6.45, 7) is 3.71. The van der Waals surface area contributed by atoms with Crippen molar-refractivity contribution < 1.29 is 19.4 Å². The van der Waals surface area contributed by atoms with E-state index < -0.39 is 17.2 Å². The molecule has 7 heteroatoms. The van der Waals surface area contributed by atoms with E-state index in [1.807, 2.05) is 25.1 Å². The lowest BCUT2D eigenvalue weighted by molar-refractivity contribution is 0.0893. The van der Waals surface area contributed by atoms with Crippen molar-refractivity contribution in [3.05, 3.63) is 56.9 Å². The van der Waals surface area contributed by atoms with Crippen LogP contribution in [0.15, 0.2) is 29.1 Å². The largest absolute Gasteiger partial charge is 0.494 e. The van der Waals surface area contributed by atoms with E-state index in [-0.39, 0.29) is 35.9 Å². The molecule has 1 aliphatic heterocycles. The zero-order chi connectivity index (χ0) is 20.3. The van der Waals surface area contributed by atoms with Gasteiger partial charge in [0.05, 0.1) is 18.2 Å². The highest BCUT2D eigenvalue weighted by atomic mass is 16.5. The number of nitrogens with zero attached hydrogens (tertiary/aromatic N) is 2. The van der Waals surface area contributed by atoms with Crippen molar-refractivity contribution >= 4 is 5.78 Å². The fraction of sp³-hybridized carbons (Fsp3) is 0.381. The van der Waals surface area contributed by atoms with Crippen molar-refractivity contribution in [1.82, 2.24) is 4.57 Å². The first-order chi connectivity index (χ1) is 13.4. The third kappa shape index (κ3) is 3.78. The van der Waals surface area contributed by atoms with Gasteiger partial charge in [-0.25, -0.2) is 0 Å². The van der Waals surface area contributed by atoms with E-state index in [0.717, 1.165) is 23.0 Å². The van der Waals surface area contributed by atoms with E-state index in [0.29, 0.717) is 12.4 Å². The van der Waals surface area contributed by atoms with Gasteiger partial charge in [-0.05, 0) is 43.9 Å². The first-order valence-electron chi connectivity index (χ1n) is 9.13. The number of rotatable bonds is 6. The van der Waals surface area contributed by atoms with Gasteiger partial charge in [0.1, 0.15) is 17.4 Å². The smallest absolute Gasteiger partial charge is 0.271 e. The lowest BCUT2D eigenvalue weighted by Gasteiger charge is -2.18. The minimum Gasteiger partial charge on any atom is -0.494 e. The van der Waals surface area contributed by atoms with Crippen LogP contribution in [0.25, 0.3) is 0 Å². The molecule has 28 heavy (non-hydrogen) atoms. The normalized spacial score (nSPS) is 16.0. The van der Waals surface area contributed by atoms with Crippen molar-refractivity contribution in [1.29, 1.82) is 5.26 Å². The summed E-state index contributed by atoms with van der Waals surface area (Å²) in [5, 5.41) is 20.1.